The van der Waals surface area contributed by atoms with Gasteiger partial charge < -0.3 is 5.32 Å². The van der Waals surface area contributed by atoms with Crippen LogP contribution in [-0.2, 0) is 10.0 Å². The molecule has 0 spiro atoms. The van der Waals surface area contributed by atoms with Crippen LogP contribution in [0.4, 0.5) is 24.5 Å². The topological polar surface area (TPSA) is 75.3 Å². The number of halogens is 5. The first kappa shape index (κ1) is 21.9. The SMILES string of the molecule is O=C(Nc1ccc(F)c(F)c1)c1cc(S(=O)(=O)Nc2ccccc2F)c(Cl)cc1Cl. The van der Waals surface area contributed by atoms with E-state index in [4.69, 9.17) is 23.2 Å². The van der Waals surface area contributed by atoms with Crippen molar-refractivity contribution in [2.45, 2.75) is 4.90 Å². The van der Waals surface area contributed by atoms with Crippen molar-refractivity contribution in [1.82, 2.24) is 0 Å². The zero-order valence-electron chi connectivity index (χ0n) is 14.7. The van der Waals surface area contributed by atoms with E-state index >= 15 is 0 Å². The number of anilines is 2. The lowest BCUT2D eigenvalue weighted by molar-refractivity contribution is 0.102. The summed E-state index contributed by atoms with van der Waals surface area (Å²) in [6, 6.07) is 9.64. The van der Waals surface area contributed by atoms with E-state index in [1.54, 1.807) is 0 Å². The average molecular weight is 475 g/mol. The third kappa shape index (κ3) is 4.69. The molecule has 30 heavy (non-hydrogen) atoms. The van der Waals surface area contributed by atoms with Gasteiger partial charge in [-0.3, -0.25) is 9.52 Å². The van der Waals surface area contributed by atoms with Crippen LogP contribution in [-0.4, -0.2) is 14.3 Å². The summed E-state index contributed by atoms with van der Waals surface area (Å²) >= 11 is 12.0. The normalized spacial score (nSPS) is 11.2. The molecular formula is C19H11Cl2F3N2O3S. The first-order chi connectivity index (χ1) is 14.1. The number of sulfonamides is 1. The third-order valence-corrected chi connectivity index (χ3v) is 5.99. The van der Waals surface area contributed by atoms with Crippen molar-refractivity contribution < 1.29 is 26.4 Å². The first-order valence-electron chi connectivity index (χ1n) is 8.11. The summed E-state index contributed by atoms with van der Waals surface area (Å²) in [6.45, 7) is 0. The van der Waals surface area contributed by atoms with Gasteiger partial charge in [0, 0.05) is 11.8 Å². The van der Waals surface area contributed by atoms with Gasteiger partial charge in [0.05, 0.1) is 21.3 Å². The van der Waals surface area contributed by atoms with Crippen molar-refractivity contribution in [1.29, 1.82) is 0 Å². The number of benzene rings is 3. The molecule has 0 atom stereocenters. The van der Waals surface area contributed by atoms with Crippen LogP contribution in [0.5, 0.6) is 0 Å². The summed E-state index contributed by atoms with van der Waals surface area (Å²) in [5, 5.41) is 1.77. The number of hydrogen-bond acceptors (Lipinski definition) is 3. The predicted molar refractivity (Wildman–Crippen MR) is 108 cm³/mol. The molecule has 0 aliphatic heterocycles. The highest BCUT2D eigenvalue weighted by atomic mass is 35.5. The molecule has 2 N–H and O–H groups in total. The Balaban J connectivity index is 1.96. The van der Waals surface area contributed by atoms with Crippen LogP contribution < -0.4 is 10.0 Å². The zero-order valence-corrected chi connectivity index (χ0v) is 17.0. The molecule has 0 saturated carbocycles. The molecular weight excluding hydrogens is 464 g/mol. The number of carbonyl (C=O) groups excluding carboxylic acids is 1. The molecule has 3 rings (SSSR count). The number of rotatable bonds is 5. The van der Waals surface area contributed by atoms with Crippen molar-refractivity contribution in [3.63, 3.8) is 0 Å². The van der Waals surface area contributed by atoms with E-state index in [1.807, 2.05) is 4.72 Å². The van der Waals surface area contributed by atoms with Gasteiger partial charge in [-0.25, -0.2) is 21.6 Å². The van der Waals surface area contributed by atoms with Crippen LogP contribution in [0.15, 0.2) is 59.5 Å². The van der Waals surface area contributed by atoms with Crippen LogP contribution in [0.2, 0.25) is 10.0 Å². The Morgan fingerprint density at radius 2 is 1.53 bits per heavy atom. The van der Waals surface area contributed by atoms with Gasteiger partial charge >= 0.3 is 0 Å². The maximum atomic E-state index is 13.8. The highest BCUT2D eigenvalue weighted by Gasteiger charge is 2.24. The maximum Gasteiger partial charge on any atom is 0.263 e. The fourth-order valence-electron chi connectivity index (χ4n) is 2.43. The minimum absolute atomic E-state index is 0.0844. The van der Waals surface area contributed by atoms with E-state index in [-0.39, 0.29) is 27.0 Å². The molecule has 0 bridgehead atoms. The van der Waals surface area contributed by atoms with Crippen molar-refractivity contribution in [3.05, 3.63) is 87.7 Å². The molecule has 3 aromatic rings. The van der Waals surface area contributed by atoms with E-state index in [0.29, 0.717) is 0 Å². The molecule has 0 aromatic heterocycles. The molecule has 0 radical (unpaired) electrons. The molecule has 0 aliphatic carbocycles. The van der Waals surface area contributed by atoms with Gasteiger partial charge in [0.25, 0.3) is 15.9 Å². The summed E-state index contributed by atoms with van der Waals surface area (Å²) < 4.78 is 67.6. The summed E-state index contributed by atoms with van der Waals surface area (Å²) in [6.07, 6.45) is 0. The monoisotopic (exact) mass is 474 g/mol. The smallest absolute Gasteiger partial charge is 0.263 e. The lowest BCUT2D eigenvalue weighted by Gasteiger charge is -2.13. The Labute approximate surface area is 179 Å². The second-order valence-corrected chi connectivity index (χ2v) is 8.40. The number of carbonyl (C=O) groups is 1. The highest BCUT2D eigenvalue weighted by molar-refractivity contribution is 7.92. The first-order valence-corrected chi connectivity index (χ1v) is 10.3. The molecule has 3 aromatic carbocycles. The van der Waals surface area contributed by atoms with Gasteiger partial charge in [-0.2, -0.15) is 0 Å². The second kappa shape index (κ2) is 8.55. The third-order valence-electron chi connectivity index (χ3n) is 3.85. The van der Waals surface area contributed by atoms with Crippen molar-refractivity contribution in [3.8, 4) is 0 Å². The van der Waals surface area contributed by atoms with Crippen LogP contribution in [0.1, 0.15) is 10.4 Å². The molecule has 0 saturated heterocycles. The summed E-state index contributed by atoms with van der Waals surface area (Å²) in [5.74, 6) is -4.01. The molecule has 156 valence electrons. The summed E-state index contributed by atoms with van der Waals surface area (Å²) in [4.78, 5) is 12.0. The minimum atomic E-state index is -4.39. The van der Waals surface area contributed by atoms with Crippen LogP contribution in [0, 0.1) is 17.5 Å². The van der Waals surface area contributed by atoms with E-state index < -0.39 is 38.3 Å². The van der Waals surface area contributed by atoms with Gasteiger partial charge in [0.1, 0.15) is 10.7 Å². The van der Waals surface area contributed by atoms with Crippen molar-refractivity contribution in [2.75, 3.05) is 10.0 Å². The second-order valence-electron chi connectivity index (χ2n) is 5.93. The minimum Gasteiger partial charge on any atom is -0.322 e. The number of nitrogens with one attached hydrogen (secondary N) is 2. The van der Waals surface area contributed by atoms with Gasteiger partial charge in [-0.05, 0) is 36.4 Å². The molecule has 0 aliphatic rings. The largest absolute Gasteiger partial charge is 0.322 e. The molecule has 0 heterocycles. The quantitative estimate of drug-likeness (QED) is 0.515. The van der Waals surface area contributed by atoms with Gasteiger partial charge in [0.2, 0.25) is 0 Å². The van der Waals surface area contributed by atoms with Crippen LogP contribution >= 0.6 is 23.2 Å². The number of hydrogen-bond donors (Lipinski definition) is 2. The Morgan fingerprint density at radius 1 is 0.833 bits per heavy atom. The van der Waals surface area contributed by atoms with Crippen LogP contribution in [0.25, 0.3) is 0 Å². The predicted octanol–water partition coefficient (Wildman–Crippen LogP) is 5.46. The Hall–Kier alpha value is -2.75. The lowest BCUT2D eigenvalue weighted by Crippen LogP contribution is -2.17. The number of para-hydroxylation sites is 1. The van der Waals surface area contributed by atoms with Gasteiger partial charge in [0.15, 0.2) is 11.6 Å². The van der Waals surface area contributed by atoms with E-state index in [1.165, 1.54) is 18.2 Å². The highest BCUT2D eigenvalue weighted by Crippen LogP contribution is 2.31. The molecule has 5 nitrogen and oxygen atoms in total. The van der Waals surface area contributed by atoms with E-state index in [9.17, 15) is 26.4 Å². The molecule has 11 heteroatoms. The molecule has 1 amide bonds. The van der Waals surface area contributed by atoms with Gasteiger partial charge in [-0.1, -0.05) is 35.3 Å². The lowest BCUT2D eigenvalue weighted by atomic mass is 10.2. The zero-order chi connectivity index (χ0) is 22.1. The van der Waals surface area contributed by atoms with E-state index in [0.717, 1.165) is 36.4 Å². The van der Waals surface area contributed by atoms with Gasteiger partial charge in [-0.15, -0.1) is 0 Å². The standard InChI is InChI=1S/C19H11Cl2F3N2O3S/c20-12-9-13(21)18(30(28,29)26-17-4-2-1-3-15(17)23)8-11(12)19(27)25-10-5-6-14(22)16(24)7-10/h1-9,26H,(H,25,27). The van der Waals surface area contributed by atoms with Crippen molar-refractivity contribution in [2.24, 2.45) is 0 Å². The van der Waals surface area contributed by atoms with E-state index in [2.05, 4.69) is 5.32 Å². The fourth-order valence-corrected chi connectivity index (χ4v) is 4.35. The molecule has 0 fully saturated rings. The Kier molecular flexibility index (Phi) is 6.25. The maximum absolute atomic E-state index is 13.8. The Morgan fingerprint density at radius 3 is 2.20 bits per heavy atom. The summed E-state index contributed by atoms with van der Waals surface area (Å²) in [5.41, 5.74) is -0.713. The molecule has 0 unspecified atom stereocenters. The van der Waals surface area contributed by atoms with Crippen molar-refractivity contribution >= 4 is 50.5 Å². The fraction of sp³-hybridized carbons (Fsp3) is 0. The average Bonchev–Trinajstić information content (AvgIpc) is 2.66. The summed E-state index contributed by atoms with van der Waals surface area (Å²) in [7, 11) is -4.39. The van der Waals surface area contributed by atoms with Crippen LogP contribution in [0.3, 0.4) is 0 Å². The Bertz CT molecular complexity index is 1250. The number of amides is 1.